The van der Waals surface area contributed by atoms with Crippen molar-refractivity contribution in [3.8, 4) is 0 Å². The van der Waals surface area contributed by atoms with E-state index in [-0.39, 0.29) is 26.9 Å². The van der Waals surface area contributed by atoms with E-state index in [0.717, 1.165) is 24.7 Å². The van der Waals surface area contributed by atoms with E-state index in [1.54, 1.807) is 11.1 Å². The molecule has 3 nitrogen and oxygen atoms in total. The summed E-state index contributed by atoms with van der Waals surface area (Å²) >= 11 is 2.69. The zero-order valence-electron chi connectivity index (χ0n) is 23.6. The lowest BCUT2D eigenvalue weighted by Crippen LogP contribution is -2.53. The summed E-state index contributed by atoms with van der Waals surface area (Å²) in [7, 11) is -1.78. The lowest BCUT2D eigenvalue weighted by Gasteiger charge is -2.57. The van der Waals surface area contributed by atoms with Gasteiger partial charge in [0.25, 0.3) is 0 Å². The van der Waals surface area contributed by atoms with Crippen LogP contribution in [0.5, 0.6) is 0 Å². The Kier molecular flexibility index (Phi) is 6.65. The minimum Gasteiger partial charge on any atom is -0.413 e. The van der Waals surface area contributed by atoms with E-state index < -0.39 is 8.32 Å². The summed E-state index contributed by atoms with van der Waals surface area (Å²) in [6.45, 7) is 19.9. The van der Waals surface area contributed by atoms with Gasteiger partial charge in [-0.05, 0) is 98.2 Å². The number of hydrogen-bond acceptors (Lipinski definition) is 3. The Labute approximate surface area is 229 Å². The van der Waals surface area contributed by atoms with Gasteiger partial charge in [0.15, 0.2) is 8.32 Å². The van der Waals surface area contributed by atoms with Gasteiger partial charge in [-0.3, -0.25) is 0 Å². The second-order valence-corrected chi connectivity index (χ2v) is 20.7. The van der Waals surface area contributed by atoms with Crippen LogP contribution in [0.25, 0.3) is 0 Å². The summed E-state index contributed by atoms with van der Waals surface area (Å²) in [6, 6.07) is 0. The van der Waals surface area contributed by atoms with Crippen LogP contribution in [-0.4, -0.2) is 31.1 Å². The lowest BCUT2D eigenvalue weighted by molar-refractivity contribution is -0.394. The van der Waals surface area contributed by atoms with Crippen molar-refractivity contribution in [1.29, 1.82) is 0 Å². The average molecular weight is 613 g/mol. The van der Waals surface area contributed by atoms with Crippen molar-refractivity contribution in [2.75, 3.05) is 11.0 Å². The molecule has 1 heterocycles. The van der Waals surface area contributed by atoms with E-state index in [9.17, 15) is 0 Å². The van der Waals surface area contributed by atoms with Gasteiger partial charge in [-0.15, -0.1) is 0 Å². The van der Waals surface area contributed by atoms with E-state index in [2.05, 4.69) is 89.4 Å². The van der Waals surface area contributed by atoms with Gasteiger partial charge in [0, 0.05) is 9.84 Å². The summed E-state index contributed by atoms with van der Waals surface area (Å²) in [5, 5.41) is 0.268. The highest BCUT2D eigenvalue weighted by atomic mass is 127. The van der Waals surface area contributed by atoms with E-state index in [0.29, 0.717) is 12.7 Å². The molecule has 5 heteroatoms. The van der Waals surface area contributed by atoms with Crippen LogP contribution in [0, 0.1) is 28.1 Å². The van der Waals surface area contributed by atoms with Crippen molar-refractivity contribution < 1.29 is 14.2 Å². The van der Waals surface area contributed by atoms with Crippen LogP contribution in [0.3, 0.4) is 0 Å². The first-order chi connectivity index (χ1) is 16.2. The fourth-order valence-corrected chi connectivity index (χ4v) is 11.0. The molecular formula is C30H49IO3Si. The van der Waals surface area contributed by atoms with Crippen molar-refractivity contribution in [3.05, 3.63) is 23.3 Å². The van der Waals surface area contributed by atoms with Crippen molar-refractivity contribution in [2.24, 2.45) is 28.1 Å². The Morgan fingerprint density at radius 1 is 1.11 bits per heavy atom. The van der Waals surface area contributed by atoms with Crippen LogP contribution in [0.4, 0.5) is 0 Å². The topological polar surface area (TPSA) is 27.7 Å². The van der Waals surface area contributed by atoms with Gasteiger partial charge < -0.3 is 4.43 Å². The molecule has 5 rings (SSSR count). The number of hydrogen-bond donors (Lipinski definition) is 0. The Hall–Kier alpha value is 0.307. The minimum absolute atomic E-state index is 0.172. The molecule has 4 aliphatic carbocycles. The molecular weight excluding hydrogens is 563 g/mol. The summed E-state index contributed by atoms with van der Waals surface area (Å²) in [6.07, 6.45) is 15.3. The van der Waals surface area contributed by atoms with Crippen LogP contribution < -0.4 is 0 Å². The molecule has 0 aromatic rings. The molecule has 0 bridgehead atoms. The molecule has 1 saturated heterocycles. The fraction of sp³-hybridized carbons (Fsp3) is 0.867. The molecule has 3 fully saturated rings. The quantitative estimate of drug-likeness (QED) is 0.105. The zero-order chi connectivity index (χ0) is 25.5. The van der Waals surface area contributed by atoms with Crippen molar-refractivity contribution >= 4 is 30.9 Å². The Morgan fingerprint density at radius 3 is 2.51 bits per heavy atom. The highest BCUT2D eigenvalue weighted by Crippen LogP contribution is 2.65. The highest BCUT2D eigenvalue weighted by Gasteiger charge is 2.59. The monoisotopic (exact) mass is 612 g/mol. The third-order valence-electron chi connectivity index (χ3n) is 11.2. The first-order valence-corrected chi connectivity index (χ1v) is 18.6. The lowest BCUT2D eigenvalue weighted by atomic mass is 9.50. The normalized spacial score (nSPS) is 43.2. The summed E-state index contributed by atoms with van der Waals surface area (Å²) < 4.78 is 8.32. The molecule has 0 N–H and O–H groups in total. The molecule has 0 amide bonds. The number of alkyl halides is 1. The average Bonchev–Trinajstić information content (AvgIpc) is 3.07. The van der Waals surface area contributed by atoms with Crippen molar-refractivity contribution in [2.45, 2.75) is 123 Å². The highest BCUT2D eigenvalue weighted by molar-refractivity contribution is 14.1. The van der Waals surface area contributed by atoms with Crippen LogP contribution in [-0.2, 0) is 14.2 Å². The van der Waals surface area contributed by atoms with E-state index in [1.165, 1.54) is 43.0 Å². The summed E-state index contributed by atoms with van der Waals surface area (Å²) in [4.78, 5) is 11.8. The minimum atomic E-state index is -1.78. The summed E-state index contributed by atoms with van der Waals surface area (Å²) in [5.74, 6) is 1.49. The van der Waals surface area contributed by atoms with Gasteiger partial charge in [0.2, 0.25) is 0 Å². The zero-order valence-corrected chi connectivity index (χ0v) is 26.7. The number of allylic oxidation sites excluding steroid dienone is 3. The van der Waals surface area contributed by atoms with Gasteiger partial charge >= 0.3 is 0 Å². The first kappa shape index (κ1) is 26.9. The number of halogens is 1. The Balaban J connectivity index is 1.44. The standard InChI is InChI=1S/C30H49IO3Si/c1-26(2,3)35(7,8)33-25-12-11-23-22-10-9-21-17-29(18-27(4,5)20-32-34-29)15-16-30(21,19-31)24(22)13-14-28(23,25)6/h13,17,22-23,25H,9-12,14-16,18-20H2,1-8H3/t22-,23-,25-,28-,29?,30+/m0/s1. The number of fused-ring (bicyclic) bond motifs is 5. The maximum absolute atomic E-state index is 7.13. The van der Waals surface area contributed by atoms with Gasteiger partial charge in [-0.25, -0.2) is 9.78 Å². The van der Waals surface area contributed by atoms with E-state index in [1.807, 2.05) is 0 Å². The predicted molar refractivity (Wildman–Crippen MR) is 155 cm³/mol. The van der Waals surface area contributed by atoms with Gasteiger partial charge in [0.1, 0.15) is 5.60 Å². The second-order valence-electron chi connectivity index (χ2n) is 15.2. The third-order valence-corrected chi connectivity index (χ3v) is 17.0. The van der Waals surface area contributed by atoms with Crippen molar-refractivity contribution in [3.63, 3.8) is 0 Å². The molecule has 198 valence electrons. The molecule has 0 aromatic carbocycles. The smallest absolute Gasteiger partial charge is 0.192 e. The maximum atomic E-state index is 7.13. The van der Waals surface area contributed by atoms with Crippen LogP contribution in [0.2, 0.25) is 18.1 Å². The van der Waals surface area contributed by atoms with Gasteiger partial charge in [0.05, 0.1) is 12.7 Å². The molecule has 1 unspecified atom stereocenters. The molecule has 2 saturated carbocycles. The Bertz CT molecular complexity index is 917. The second kappa shape index (κ2) is 8.66. The van der Waals surface area contributed by atoms with Crippen LogP contribution >= 0.6 is 22.6 Å². The largest absolute Gasteiger partial charge is 0.413 e. The SMILES string of the molecule is CC1(C)COOC2(C=C3CC[C@@H]4C(=CC[C@]5(C)[C@@H](O[Si](C)(C)C(C)(C)C)CC[C@@H]45)[C@@]3(CI)CC2)C1. The Morgan fingerprint density at radius 2 is 1.86 bits per heavy atom. The molecule has 5 aliphatic rings. The molecule has 35 heavy (non-hydrogen) atoms. The maximum Gasteiger partial charge on any atom is 0.192 e. The fourth-order valence-electron chi connectivity index (χ4n) is 8.20. The van der Waals surface area contributed by atoms with Gasteiger partial charge in [-0.1, -0.05) is 81.4 Å². The summed E-state index contributed by atoms with van der Waals surface area (Å²) in [5.41, 5.74) is 3.91. The first-order valence-electron chi connectivity index (χ1n) is 14.1. The van der Waals surface area contributed by atoms with Crippen LogP contribution in [0.1, 0.15) is 92.9 Å². The van der Waals surface area contributed by atoms with Crippen molar-refractivity contribution in [1.82, 2.24) is 0 Å². The molecule has 6 atom stereocenters. The van der Waals surface area contributed by atoms with E-state index >= 15 is 0 Å². The molecule has 0 radical (unpaired) electrons. The third kappa shape index (κ3) is 4.30. The van der Waals surface area contributed by atoms with Crippen LogP contribution in [0.15, 0.2) is 23.3 Å². The van der Waals surface area contributed by atoms with E-state index in [4.69, 9.17) is 14.2 Å². The predicted octanol–water partition coefficient (Wildman–Crippen LogP) is 8.79. The molecule has 1 spiro atoms. The molecule has 0 aromatic heterocycles. The van der Waals surface area contributed by atoms with Gasteiger partial charge in [-0.2, -0.15) is 0 Å². The molecule has 1 aliphatic heterocycles. The number of rotatable bonds is 3.